The Kier molecular flexibility index (Phi) is 9.92. The lowest BCUT2D eigenvalue weighted by Crippen LogP contribution is -2.55. The van der Waals surface area contributed by atoms with E-state index in [0.717, 1.165) is 44.9 Å². The summed E-state index contributed by atoms with van der Waals surface area (Å²) < 4.78 is 12.8. The number of piperazine rings is 1. The minimum Gasteiger partial charge on any atom is -0.467 e. The van der Waals surface area contributed by atoms with Crippen LogP contribution in [0.1, 0.15) is 68.8 Å². The first-order valence-corrected chi connectivity index (χ1v) is 16.7. The molecule has 2 saturated heterocycles. The maximum absolute atomic E-state index is 13.3. The number of ether oxygens (including phenoxy) is 2. The molecular formula is C33H43N7O7. The van der Waals surface area contributed by atoms with Crippen LogP contribution in [-0.4, -0.2) is 118 Å². The molecule has 14 heteroatoms. The van der Waals surface area contributed by atoms with E-state index in [1.54, 1.807) is 33.8 Å². The Morgan fingerprint density at radius 3 is 2.26 bits per heavy atom. The summed E-state index contributed by atoms with van der Waals surface area (Å²) in [5.41, 5.74) is 0.629. The van der Waals surface area contributed by atoms with Gasteiger partial charge < -0.3 is 34.8 Å². The fourth-order valence-corrected chi connectivity index (χ4v) is 6.16. The first-order valence-electron chi connectivity index (χ1n) is 16.7. The molecule has 2 aliphatic heterocycles. The van der Waals surface area contributed by atoms with E-state index in [0.29, 0.717) is 44.8 Å². The van der Waals surface area contributed by atoms with Crippen LogP contribution >= 0.6 is 0 Å². The number of rotatable bonds is 10. The van der Waals surface area contributed by atoms with Crippen molar-refractivity contribution in [2.45, 2.75) is 82.5 Å². The van der Waals surface area contributed by atoms with Gasteiger partial charge in [0.05, 0.1) is 5.69 Å². The zero-order valence-electron chi connectivity index (χ0n) is 26.8. The molecule has 6 rings (SSSR count). The number of hydrogen-bond acceptors (Lipinski definition) is 8. The zero-order valence-corrected chi connectivity index (χ0v) is 26.8. The fourth-order valence-electron chi connectivity index (χ4n) is 6.16. The van der Waals surface area contributed by atoms with Gasteiger partial charge in [0.1, 0.15) is 18.2 Å². The van der Waals surface area contributed by atoms with Crippen LogP contribution in [0.25, 0.3) is 5.69 Å². The average Bonchev–Trinajstić information content (AvgIpc) is 3.72. The summed E-state index contributed by atoms with van der Waals surface area (Å²) in [6.45, 7) is 3.16. The second kappa shape index (κ2) is 14.4. The van der Waals surface area contributed by atoms with Crippen molar-refractivity contribution in [3.05, 3.63) is 42.1 Å². The number of hydrogen-bond donors (Lipinski definition) is 2. The van der Waals surface area contributed by atoms with Crippen molar-refractivity contribution in [2.75, 3.05) is 39.3 Å². The molecule has 252 valence electrons. The highest BCUT2D eigenvalue weighted by atomic mass is 16.6. The van der Waals surface area contributed by atoms with Crippen LogP contribution in [0.5, 0.6) is 5.88 Å². The number of nitrogens with zero attached hydrogens (tertiary/aromatic N) is 5. The van der Waals surface area contributed by atoms with Crippen molar-refractivity contribution in [1.82, 2.24) is 35.1 Å². The molecule has 2 atom stereocenters. The molecule has 4 fully saturated rings. The van der Waals surface area contributed by atoms with Gasteiger partial charge in [-0.15, -0.1) is 0 Å². The first-order chi connectivity index (χ1) is 22.8. The van der Waals surface area contributed by atoms with E-state index in [-0.39, 0.29) is 54.1 Å². The molecular weight excluding hydrogens is 606 g/mol. The van der Waals surface area contributed by atoms with Crippen molar-refractivity contribution in [3.8, 4) is 11.6 Å². The Labute approximate surface area is 273 Å². The van der Waals surface area contributed by atoms with E-state index in [9.17, 15) is 24.0 Å². The standard InChI is InChI=1S/C33H43N7O7/c1-22(32(44)37-16-18-38(19-17-37)33(45)47-25-12-6-13-25)34-30(42)26-20-29(40(36-26)24-10-3-2-4-11-24)46-21-28(41)39-15-7-14-27(39)31(43)35-23-8-5-9-23/h2-4,10-11,20,22-23,25,27H,5-9,12-19,21H2,1H3,(H,34,42)(H,35,43). The van der Waals surface area contributed by atoms with Gasteiger partial charge in [0.2, 0.25) is 17.7 Å². The molecule has 2 saturated carbocycles. The summed E-state index contributed by atoms with van der Waals surface area (Å²) >= 11 is 0. The number of amides is 5. The Morgan fingerprint density at radius 1 is 0.894 bits per heavy atom. The van der Waals surface area contributed by atoms with Gasteiger partial charge in [-0.3, -0.25) is 19.2 Å². The minimum absolute atomic E-state index is 0.00103. The Hall–Kier alpha value is -4.62. The van der Waals surface area contributed by atoms with Gasteiger partial charge in [0.15, 0.2) is 12.3 Å². The molecule has 2 aromatic rings. The van der Waals surface area contributed by atoms with Gasteiger partial charge in [-0.1, -0.05) is 18.2 Å². The quantitative estimate of drug-likeness (QED) is 0.395. The predicted molar refractivity (Wildman–Crippen MR) is 169 cm³/mol. The van der Waals surface area contributed by atoms with Gasteiger partial charge in [-0.25, -0.2) is 9.48 Å². The topological polar surface area (TPSA) is 155 Å². The number of aromatic nitrogens is 2. The number of benzene rings is 1. The molecule has 0 bridgehead atoms. The van der Waals surface area contributed by atoms with E-state index < -0.39 is 18.0 Å². The highest BCUT2D eigenvalue weighted by molar-refractivity contribution is 5.96. The van der Waals surface area contributed by atoms with Crippen LogP contribution < -0.4 is 15.4 Å². The van der Waals surface area contributed by atoms with E-state index in [4.69, 9.17) is 9.47 Å². The monoisotopic (exact) mass is 649 g/mol. The molecule has 2 aliphatic carbocycles. The molecule has 3 heterocycles. The molecule has 1 aromatic heterocycles. The van der Waals surface area contributed by atoms with Crippen LogP contribution in [-0.2, 0) is 19.1 Å². The highest BCUT2D eigenvalue weighted by Gasteiger charge is 2.36. The summed E-state index contributed by atoms with van der Waals surface area (Å²) in [5, 5.41) is 10.2. The molecule has 0 spiro atoms. The molecule has 4 aliphatic rings. The van der Waals surface area contributed by atoms with Gasteiger partial charge in [-0.2, -0.15) is 5.10 Å². The summed E-state index contributed by atoms with van der Waals surface area (Å²) in [6, 6.07) is 9.32. The third kappa shape index (κ3) is 7.52. The molecule has 0 radical (unpaired) electrons. The Balaban J connectivity index is 1.05. The molecule has 47 heavy (non-hydrogen) atoms. The second-order valence-corrected chi connectivity index (χ2v) is 12.7. The highest BCUT2D eigenvalue weighted by Crippen LogP contribution is 2.25. The van der Waals surface area contributed by atoms with Crippen molar-refractivity contribution in [1.29, 1.82) is 0 Å². The van der Waals surface area contributed by atoms with E-state index in [2.05, 4.69) is 15.7 Å². The van der Waals surface area contributed by atoms with Crippen molar-refractivity contribution < 1.29 is 33.4 Å². The maximum Gasteiger partial charge on any atom is 0.410 e. The summed E-state index contributed by atoms with van der Waals surface area (Å²) in [7, 11) is 0. The van der Waals surface area contributed by atoms with E-state index in [1.807, 2.05) is 18.2 Å². The predicted octanol–water partition coefficient (Wildman–Crippen LogP) is 1.86. The Bertz CT molecular complexity index is 1460. The largest absolute Gasteiger partial charge is 0.467 e. The van der Waals surface area contributed by atoms with E-state index >= 15 is 0 Å². The SMILES string of the molecule is CC(NC(=O)c1cc(OCC(=O)N2CCCC2C(=O)NC2CCC2)n(-c2ccccc2)n1)C(=O)N1CCN(C(=O)OC2CCC2)CC1. The van der Waals surface area contributed by atoms with Gasteiger partial charge in [0, 0.05) is 44.8 Å². The lowest BCUT2D eigenvalue weighted by Gasteiger charge is -2.36. The van der Waals surface area contributed by atoms with Crippen molar-refractivity contribution >= 4 is 29.7 Å². The summed E-state index contributed by atoms with van der Waals surface area (Å²) in [5.74, 6) is -1.11. The van der Waals surface area contributed by atoms with Crippen LogP contribution in [0.4, 0.5) is 4.79 Å². The van der Waals surface area contributed by atoms with E-state index in [1.165, 1.54) is 10.7 Å². The number of likely N-dealkylation sites (tertiary alicyclic amines) is 1. The summed E-state index contributed by atoms with van der Waals surface area (Å²) in [4.78, 5) is 69.7. The molecule has 5 amide bonds. The van der Waals surface area contributed by atoms with Crippen molar-refractivity contribution in [2.24, 2.45) is 0 Å². The lowest BCUT2D eigenvalue weighted by atomic mass is 9.93. The second-order valence-electron chi connectivity index (χ2n) is 12.7. The lowest BCUT2D eigenvalue weighted by molar-refractivity contribution is -0.140. The van der Waals surface area contributed by atoms with Crippen LogP contribution in [0.3, 0.4) is 0 Å². The molecule has 1 aromatic carbocycles. The van der Waals surface area contributed by atoms with Gasteiger partial charge in [-0.05, 0) is 70.4 Å². The smallest absolute Gasteiger partial charge is 0.410 e. The van der Waals surface area contributed by atoms with Crippen LogP contribution in [0.2, 0.25) is 0 Å². The van der Waals surface area contributed by atoms with Gasteiger partial charge in [0.25, 0.3) is 11.8 Å². The normalized spacial score (nSPS) is 20.5. The molecule has 14 nitrogen and oxygen atoms in total. The number of para-hydroxylation sites is 1. The van der Waals surface area contributed by atoms with Crippen LogP contribution in [0.15, 0.2) is 36.4 Å². The summed E-state index contributed by atoms with van der Waals surface area (Å²) in [6.07, 6.45) is 6.92. The third-order valence-corrected chi connectivity index (χ3v) is 9.47. The first kappa shape index (κ1) is 32.3. The average molecular weight is 650 g/mol. The molecule has 2 unspecified atom stereocenters. The Morgan fingerprint density at radius 2 is 1.60 bits per heavy atom. The molecule has 2 N–H and O–H groups in total. The third-order valence-electron chi connectivity index (χ3n) is 9.47. The zero-order chi connectivity index (χ0) is 32.9. The number of carbonyl (C=O) groups excluding carboxylic acids is 5. The van der Waals surface area contributed by atoms with Gasteiger partial charge >= 0.3 is 6.09 Å². The minimum atomic E-state index is -0.845. The number of carbonyl (C=O) groups is 5. The van der Waals surface area contributed by atoms with Crippen molar-refractivity contribution in [3.63, 3.8) is 0 Å². The maximum atomic E-state index is 13.3. The van der Waals surface area contributed by atoms with Crippen LogP contribution in [0, 0.1) is 0 Å². The number of nitrogens with one attached hydrogen (secondary N) is 2. The fraction of sp³-hybridized carbons (Fsp3) is 0.576.